The van der Waals surface area contributed by atoms with Crippen LogP contribution in [0.15, 0.2) is 36.4 Å². The van der Waals surface area contributed by atoms with E-state index in [4.69, 9.17) is 5.26 Å². The fourth-order valence-corrected chi connectivity index (χ4v) is 3.73. The number of fused-ring (bicyclic) bond motifs is 1. The summed E-state index contributed by atoms with van der Waals surface area (Å²) in [5.41, 5.74) is 5.19. The molecule has 0 heterocycles. The van der Waals surface area contributed by atoms with Gasteiger partial charge in [0.2, 0.25) is 0 Å². The fraction of sp³-hybridized carbons (Fsp3) is 0.409. The number of nitrogens with zero attached hydrogens (tertiary/aromatic N) is 1. The molecule has 0 N–H and O–H groups in total. The standard InChI is InChI=1S/C22H24FN/c1-2-3-4-5-16-7-11-21(22(23)13-16)20-10-9-18-12-17(15-24)6-8-19(18)14-20/h6-8,11-13,20H,2-5,9-10,14H2,1H3. The second kappa shape index (κ2) is 7.62. The Balaban J connectivity index is 1.74. The third-order valence-electron chi connectivity index (χ3n) is 5.14. The Morgan fingerprint density at radius 1 is 1.12 bits per heavy atom. The van der Waals surface area contributed by atoms with E-state index in [2.05, 4.69) is 19.1 Å². The van der Waals surface area contributed by atoms with Crippen molar-refractivity contribution in [1.29, 1.82) is 5.26 Å². The average molecular weight is 321 g/mol. The highest BCUT2D eigenvalue weighted by Gasteiger charge is 2.22. The molecule has 0 spiro atoms. The minimum Gasteiger partial charge on any atom is -0.207 e. The molecule has 0 aromatic heterocycles. The summed E-state index contributed by atoms with van der Waals surface area (Å²) in [6.07, 6.45) is 7.24. The molecule has 0 saturated carbocycles. The van der Waals surface area contributed by atoms with E-state index in [9.17, 15) is 4.39 Å². The number of benzene rings is 2. The highest BCUT2D eigenvalue weighted by molar-refractivity contribution is 5.41. The monoisotopic (exact) mass is 321 g/mol. The largest absolute Gasteiger partial charge is 0.207 e. The van der Waals surface area contributed by atoms with Crippen molar-refractivity contribution in [3.63, 3.8) is 0 Å². The van der Waals surface area contributed by atoms with Crippen LogP contribution in [0.2, 0.25) is 0 Å². The van der Waals surface area contributed by atoms with Gasteiger partial charge in [0.25, 0.3) is 0 Å². The maximum absolute atomic E-state index is 14.6. The van der Waals surface area contributed by atoms with Crippen LogP contribution in [0.4, 0.5) is 4.39 Å². The van der Waals surface area contributed by atoms with Gasteiger partial charge in [0, 0.05) is 0 Å². The average Bonchev–Trinajstić information content (AvgIpc) is 2.61. The Kier molecular flexibility index (Phi) is 5.30. The summed E-state index contributed by atoms with van der Waals surface area (Å²) >= 11 is 0. The van der Waals surface area contributed by atoms with E-state index in [-0.39, 0.29) is 11.7 Å². The lowest BCUT2D eigenvalue weighted by atomic mass is 9.79. The van der Waals surface area contributed by atoms with Crippen LogP contribution < -0.4 is 0 Å². The molecule has 2 aromatic carbocycles. The van der Waals surface area contributed by atoms with Gasteiger partial charge < -0.3 is 0 Å². The van der Waals surface area contributed by atoms with E-state index in [0.717, 1.165) is 48.8 Å². The van der Waals surface area contributed by atoms with E-state index < -0.39 is 0 Å². The van der Waals surface area contributed by atoms with Crippen molar-refractivity contribution in [2.45, 2.75) is 57.8 Å². The first kappa shape index (κ1) is 16.7. The maximum atomic E-state index is 14.6. The maximum Gasteiger partial charge on any atom is 0.126 e. The van der Waals surface area contributed by atoms with Gasteiger partial charge in [0.15, 0.2) is 0 Å². The molecule has 1 aliphatic rings. The predicted octanol–water partition coefficient (Wildman–Crippen LogP) is 5.70. The summed E-state index contributed by atoms with van der Waals surface area (Å²) in [7, 11) is 0. The number of nitriles is 1. The highest BCUT2D eigenvalue weighted by atomic mass is 19.1. The van der Waals surface area contributed by atoms with Crippen molar-refractivity contribution in [1.82, 2.24) is 0 Å². The minimum atomic E-state index is -0.0499. The molecule has 0 bridgehead atoms. The van der Waals surface area contributed by atoms with Gasteiger partial charge >= 0.3 is 0 Å². The molecule has 1 atom stereocenters. The molecular formula is C22H24FN. The third kappa shape index (κ3) is 3.67. The van der Waals surface area contributed by atoms with Crippen LogP contribution in [0.3, 0.4) is 0 Å². The van der Waals surface area contributed by atoms with Gasteiger partial charge in [-0.2, -0.15) is 5.26 Å². The fourth-order valence-electron chi connectivity index (χ4n) is 3.73. The van der Waals surface area contributed by atoms with E-state index in [0.29, 0.717) is 0 Å². The molecule has 0 amide bonds. The van der Waals surface area contributed by atoms with E-state index >= 15 is 0 Å². The van der Waals surface area contributed by atoms with Gasteiger partial charge in [0.1, 0.15) is 5.82 Å². The van der Waals surface area contributed by atoms with Crippen molar-refractivity contribution in [3.05, 3.63) is 70.0 Å². The molecule has 3 rings (SSSR count). The van der Waals surface area contributed by atoms with E-state index in [1.807, 2.05) is 24.3 Å². The summed E-state index contributed by atoms with van der Waals surface area (Å²) in [6.45, 7) is 2.18. The number of hydrogen-bond donors (Lipinski definition) is 0. The Bertz CT molecular complexity index is 757. The molecule has 0 radical (unpaired) electrons. The van der Waals surface area contributed by atoms with Gasteiger partial charge in [-0.3, -0.25) is 0 Å². The number of halogens is 1. The van der Waals surface area contributed by atoms with Crippen LogP contribution in [-0.2, 0) is 19.3 Å². The summed E-state index contributed by atoms with van der Waals surface area (Å²) in [6, 6.07) is 13.9. The number of rotatable bonds is 5. The first-order valence-corrected chi connectivity index (χ1v) is 9.01. The number of aryl methyl sites for hydroxylation is 2. The summed E-state index contributed by atoms with van der Waals surface area (Å²) in [4.78, 5) is 0. The summed E-state index contributed by atoms with van der Waals surface area (Å²) < 4.78 is 14.6. The molecule has 0 aliphatic heterocycles. The van der Waals surface area contributed by atoms with Gasteiger partial charge in [-0.15, -0.1) is 0 Å². The van der Waals surface area contributed by atoms with E-state index in [1.165, 1.54) is 24.0 Å². The smallest absolute Gasteiger partial charge is 0.126 e. The first-order chi connectivity index (χ1) is 11.7. The van der Waals surface area contributed by atoms with Crippen molar-refractivity contribution in [2.24, 2.45) is 0 Å². The molecule has 124 valence electrons. The lowest BCUT2D eigenvalue weighted by molar-refractivity contribution is 0.532. The van der Waals surface area contributed by atoms with Crippen molar-refractivity contribution in [2.75, 3.05) is 0 Å². The summed E-state index contributed by atoms with van der Waals surface area (Å²) in [5.74, 6) is 0.196. The molecule has 1 aliphatic carbocycles. The van der Waals surface area contributed by atoms with Crippen LogP contribution in [0.25, 0.3) is 0 Å². The Hall–Kier alpha value is -2.14. The van der Waals surface area contributed by atoms with Crippen LogP contribution >= 0.6 is 0 Å². The zero-order chi connectivity index (χ0) is 16.9. The highest BCUT2D eigenvalue weighted by Crippen LogP contribution is 2.34. The zero-order valence-corrected chi connectivity index (χ0v) is 14.3. The van der Waals surface area contributed by atoms with Crippen molar-refractivity contribution >= 4 is 0 Å². The molecular weight excluding hydrogens is 297 g/mol. The van der Waals surface area contributed by atoms with Gasteiger partial charge in [-0.05, 0) is 78.5 Å². The summed E-state index contributed by atoms with van der Waals surface area (Å²) in [5, 5.41) is 9.01. The zero-order valence-electron chi connectivity index (χ0n) is 14.3. The third-order valence-corrected chi connectivity index (χ3v) is 5.14. The Labute approximate surface area is 144 Å². The lowest BCUT2D eigenvalue weighted by Crippen LogP contribution is -2.14. The van der Waals surface area contributed by atoms with E-state index in [1.54, 1.807) is 6.07 Å². The second-order valence-electron chi connectivity index (χ2n) is 6.85. The predicted molar refractivity (Wildman–Crippen MR) is 95.6 cm³/mol. The topological polar surface area (TPSA) is 23.8 Å². The molecule has 2 heteroatoms. The number of hydrogen-bond acceptors (Lipinski definition) is 1. The van der Waals surface area contributed by atoms with Crippen LogP contribution in [0, 0.1) is 17.1 Å². The van der Waals surface area contributed by atoms with Crippen molar-refractivity contribution < 1.29 is 4.39 Å². The molecule has 0 saturated heterocycles. The quantitative estimate of drug-likeness (QED) is 0.648. The molecule has 1 nitrogen and oxygen atoms in total. The van der Waals surface area contributed by atoms with Crippen LogP contribution in [0.5, 0.6) is 0 Å². The normalized spacial score (nSPS) is 16.5. The van der Waals surface area contributed by atoms with Gasteiger partial charge in [-0.1, -0.05) is 38.0 Å². The Morgan fingerprint density at radius 3 is 2.75 bits per heavy atom. The lowest BCUT2D eigenvalue weighted by Gasteiger charge is -2.25. The minimum absolute atomic E-state index is 0.0499. The SMILES string of the molecule is CCCCCc1ccc(C2CCc3cc(C#N)ccc3C2)c(F)c1. The van der Waals surface area contributed by atoms with Crippen LogP contribution in [-0.4, -0.2) is 0 Å². The number of unbranched alkanes of at least 4 members (excludes halogenated alkanes) is 2. The van der Waals surface area contributed by atoms with Crippen molar-refractivity contribution in [3.8, 4) is 6.07 Å². The second-order valence-corrected chi connectivity index (χ2v) is 6.85. The molecule has 1 unspecified atom stereocenters. The Morgan fingerprint density at radius 2 is 2.00 bits per heavy atom. The first-order valence-electron chi connectivity index (χ1n) is 9.01. The van der Waals surface area contributed by atoms with Gasteiger partial charge in [-0.25, -0.2) is 4.39 Å². The van der Waals surface area contributed by atoms with Gasteiger partial charge in [0.05, 0.1) is 11.6 Å². The molecule has 2 aromatic rings. The molecule has 24 heavy (non-hydrogen) atoms. The van der Waals surface area contributed by atoms with Crippen LogP contribution in [0.1, 0.15) is 66.3 Å². The molecule has 0 fully saturated rings.